The van der Waals surface area contributed by atoms with Gasteiger partial charge in [0, 0.05) is 25.3 Å². The van der Waals surface area contributed by atoms with Gasteiger partial charge < -0.3 is 4.90 Å². The quantitative estimate of drug-likeness (QED) is 0.267. The van der Waals surface area contributed by atoms with Gasteiger partial charge in [0.05, 0.1) is 0 Å². The highest BCUT2D eigenvalue weighted by atomic mass is 35.5. The van der Waals surface area contributed by atoms with E-state index in [9.17, 15) is 4.79 Å². The third-order valence-corrected chi connectivity index (χ3v) is 10.8. The second-order valence-corrected chi connectivity index (χ2v) is 11.8. The van der Waals surface area contributed by atoms with Crippen molar-refractivity contribution in [3.63, 3.8) is 0 Å². The van der Waals surface area contributed by atoms with Crippen molar-refractivity contribution in [3.8, 4) is 0 Å². The number of carbonyl (C=O) groups is 1. The second-order valence-electron chi connectivity index (χ2n) is 7.92. The first-order valence-corrected chi connectivity index (χ1v) is 12.8. The zero-order chi connectivity index (χ0) is 22.6. The van der Waals surface area contributed by atoms with Crippen LogP contribution in [0.2, 0.25) is 0 Å². The third kappa shape index (κ3) is 4.09. The van der Waals surface area contributed by atoms with E-state index >= 15 is 0 Å². The van der Waals surface area contributed by atoms with Gasteiger partial charge in [-0.05, 0) is 60.1 Å². The van der Waals surface area contributed by atoms with Crippen molar-refractivity contribution in [2.75, 3.05) is 19.0 Å². The lowest BCUT2D eigenvalue weighted by Crippen LogP contribution is -2.37. The zero-order valence-electron chi connectivity index (χ0n) is 18.2. The van der Waals surface area contributed by atoms with Crippen molar-refractivity contribution in [1.82, 2.24) is 0 Å². The number of anilines is 1. The third-order valence-electron chi connectivity index (χ3n) is 5.82. The zero-order valence-corrected chi connectivity index (χ0v) is 19.9. The Kier molecular flexibility index (Phi) is 6.74. The first-order chi connectivity index (χ1) is 15.5. The van der Waals surface area contributed by atoms with Crippen molar-refractivity contribution in [2.24, 2.45) is 0 Å². The van der Waals surface area contributed by atoms with Crippen molar-refractivity contribution in [2.45, 2.75) is 5.66 Å². The summed E-state index contributed by atoms with van der Waals surface area (Å²) < 4.78 is 0. The molecule has 32 heavy (non-hydrogen) atoms. The average Bonchev–Trinajstić information content (AvgIpc) is 2.84. The maximum Gasteiger partial charge on any atom is 0.267 e. The Hall–Kier alpha value is -2.93. The molecular weight excluding hydrogens is 433 g/mol. The van der Waals surface area contributed by atoms with Crippen LogP contribution in [0.15, 0.2) is 115 Å². The molecule has 0 aliphatic carbocycles. The van der Waals surface area contributed by atoms with Crippen LogP contribution >= 0.6 is 18.9 Å². The van der Waals surface area contributed by atoms with Crippen LogP contribution in [0.4, 0.5) is 5.69 Å². The molecule has 0 saturated heterocycles. The van der Waals surface area contributed by atoms with Gasteiger partial charge in [-0.15, -0.1) is 0 Å². The number of hydrogen-bond donors (Lipinski definition) is 0. The molecule has 0 saturated carbocycles. The SMILES string of the molecule is CN(C)c1ccc(C(C(=O)Cl)[P+](c2ccccc2)(c2ccccc2)c2ccccc2)cc1. The van der Waals surface area contributed by atoms with Gasteiger partial charge in [-0.1, -0.05) is 66.7 Å². The summed E-state index contributed by atoms with van der Waals surface area (Å²) in [6, 6.07) is 39.3. The van der Waals surface area contributed by atoms with E-state index in [0.29, 0.717) is 0 Å². The van der Waals surface area contributed by atoms with Crippen molar-refractivity contribution < 1.29 is 4.79 Å². The highest BCUT2D eigenvalue weighted by Crippen LogP contribution is 2.67. The van der Waals surface area contributed by atoms with Crippen LogP contribution < -0.4 is 20.8 Å². The minimum atomic E-state index is -2.48. The largest absolute Gasteiger partial charge is 0.378 e. The number of carbonyl (C=O) groups excluding carboxylic acids is 1. The lowest BCUT2D eigenvalue weighted by atomic mass is 10.1. The number of nitrogens with zero attached hydrogens (tertiary/aromatic N) is 1. The summed E-state index contributed by atoms with van der Waals surface area (Å²) in [5.41, 5.74) is 1.51. The Balaban J connectivity index is 2.08. The second kappa shape index (κ2) is 9.69. The molecule has 1 atom stereocenters. The number of hydrogen-bond acceptors (Lipinski definition) is 2. The van der Waals surface area contributed by atoms with Crippen molar-refractivity contribution in [3.05, 3.63) is 121 Å². The van der Waals surface area contributed by atoms with E-state index in [1.54, 1.807) is 0 Å². The molecule has 2 nitrogen and oxygen atoms in total. The molecule has 0 fully saturated rings. The predicted octanol–water partition coefficient (Wildman–Crippen LogP) is 5.55. The molecule has 4 aromatic rings. The van der Waals surface area contributed by atoms with E-state index in [1.165, 1.54) is 0 Å². The van der Waals surface area contributed by atoms with Gasteiger partial charge in [-0.3, -0.25) is 4.79 Å². The summed E-state index contributed by atoms with van der Waals surface area (Å²) in [7, 11) is 1.54. The van der Waals surface area contributed by atoms with Crippen LogP contribution in [0, 0.1) is 0 Å². The highest BCUT2D eigenvalue weighted by Gasteiger charge is 2.56. The molecular formula is C28H26ClNOP+. The van der Waals surface area contributed by atoms with Gasteiger partial charge in [-0.2, -0.15) is 0 Å². The van der Waals surface area contributed by atoms with Gasteiger partial charge in [-0.25, -0.2) is 0 Å². The van der Waals surface area contributed by atoms with Crippen LogP contribution in [-0.2, 0) is 4.79 Å². The summed E-state index contributed by atoms with van der Waals surface area (Å²) in [5, 5.41) is 3.06. The Morgan fingerprint density at radius 3 is 1.34 bits per heavy atom. The van der Waals surface area contributed by atoms with E-state index in [2.05, 4.69) is 53.4 Å². The van der Waals surface area contributed by atoms with E-state index in [4.69, 9.17) is 11.6 Å². The maximum atomic E-state index is 13.3. The monoisotopic (exact) mass is 458 g/mol. The molecule has 0 N–H and O–H groups in total. The summed E-state index contributed by atoms with van der Waals surface area (Å²) in [4.78, 5) is 15.4. The van der Waals surface area contributed by atoms with Crippen LogP contribution in [0.5, 0.6) is 0 Å². The fourth-order valence-electron chi connectivity index (χ4n) is 4.35. The number of rotatable bonds is 7. The summed E-state index contributed by atoms with van der Waals surface area (Å²) >= 11 is 6.49. The van der Waals surface area contributed by atoms with Gasteiger partial charge in [0.1, 0.15) is 23.2 Å². The molecule has 4 heteroatoms. The molecule has 0 radical (unpaired) electrons. The molecule has 160 valence electrons. The topological polar surface area (TPSA) is 20.3 Å². The Bertz CT molecular complexity index is 1070. The van der Waals surface area contributed by atoms with E-state index in [-0.39, 0.29) is 5.24 Å². The average molecular weight is 459 g/mol. The Morgan fingerprint density at radius 2 is 1.03 bits per heavy atom. The Labute approximate surface area is 195 Å². The first kappa shape index (κ1) is 22.3. The molecule has 0 aromatic heterocycles. The molecule has 1 unspecified atom stereocenters. The molecule has 0 aliphatic rings. The predicted molar refractivity (Wildman–Crippen MR) is 140 cm³/mol. The minimum Gasteiger partial charge on any atom is -0.378 e. The molecule has 0 aliphatic heterocycles. The molecule has 0 amide bonds. The van der Waals surface area contributed by atoms with Crippen LogP contribution in [0.25, 0.3) is 0 Å². The maximum absolute atomic E-state index is 13.3. The van der Waals surface area contributed by atoms with Crippen molar-refractivity contribution in [1.29, 1.82) is 0 Å². The van der Waals surface area contributed by atoms with E-state index < -0.39 is 12.9 Å². The molecule has 0 heterocycles. The van der Waals surface area contributed by atoms with E-state index in [1.807, 2.05) is 80.8 Å². The van der Waals surface area contributed by atoms with Crippen LogP contribution in [-0.4, -0.2) is 19.3 Å². The fraction of sp³-hybridized carbons (Fsp3) is 0.107. The van der Waals surface area contributed by atoms with E-state index in [0.717, 1.165) is 27.2 Å². The first-order valence-electron chi connectivity index (χ1n) is 10.6. The van der Waals surface area contributed by atoms with Gasteiger partial charge >= 0.3 is 0 Å². The van der Waals surface area contributed by atoms with Gasteiger partial charge in [0.25, 0.3) is 5.24 Å². The molecule has 0 bridgehead atoms. The van der Waals surface area contributed by atoms with Crippen molar-refractivity contribution >= 4 is 45.7 Å². The van der Waals surface area contributed by atoms with Crippen LogP contribution in [0.3, 0.4) is 0 Å². The standard InChI is InChI=1S/C28H26ClNOP/c1-30(2)23-20-18-22(19-21-23)27(28(29)31)32(24-12-6-3-7-13-24,25-14-8-4-9-15-25)26-16-10-5-11-17-26/h3-21,27H,1-2H3/q+1. The number of halogens is 1. The molecule has 4 aromatic carbocycles. The van der Waals surface area contributed by atoms with Gasteiger partial charge in [0.15, 0.2) is 5.66 Å². The fourth-order valence-corrected chi connectivity index (χ4v) is 9.55. The summed E-state index contributed by atoms with van der Waals surface area (Å²) in [6.07, 6.45) is 0. The molecule has 0 spiro atoms. The highest BCUT2D eigenvalue weighted by molar-refractivity contribution is 7.96. The lowest BCUT2D eigenvalue weighted by molar-refractivity contribution is -0.111. The normalized spacial score (nSPS) is 12.2. The number of benzene rings is 4. The lowest BCUT2D eigenvalue weighted by Gasteiger charge is -2.33. The Morgan fingerprint density at radius 1 is 0.656 bits per heavy atom. The van der Waals surface area contributed by atoms with Gasteiger partial charge in [0.2, 0.25) is 0 Å². The smallest absolute Gasteiger partial charge is 0.267 e. The van der Waals surface area contributed by atoms with Crippen LogP contribution in [0.1, 0.15) is 11.2 Å². The minimum absolute atomic E-state index is 0.340. The summed E-state index contributed by atoms with van der Waals surface area (Å²) in [6.45, 7) is 0. The molecule has 4 rings (SSSR count). The summed E-state index contributed by atoms with van der Waals surface area (Å²) in [5.74, 6) is 0.